The molecule has 5 heteroatoms. The zero-order valence-electron chi connectivity index (χ0n) is 5.50. The van der Waals surface area contributed by atoms with Crippen LogP contribution in [0, 0.1) is 0 Å². The van der Waals surface area contributed by atoms with E-state index in [4.69, 9.17) is 0 Å². The van der Waals surface area contributed by atoms with Gasteiger partial charge in [-0.1, -0.05) is 0 Å². The van der Waals surface area contributed by atoms with Gasteiger partial charge in [0.2, 0.25) is 0 Å². The van der Waals surface area contributed by atoms with E-state index in [0.717, 1.165) is 4.90 Å². The average molecular weight is 160 g/mol. The lowest BCUT2D eigenvalue weighted by atomic mass is 10.3. The molecule has 0 aromatic heterocycles. The summed E-state index contributed by atoms with van der Waals surface area (Å²) in [6.07, 6.45) is 0. The monoisotopic (exact) mass is 160 g/mol. The molecule has 1 aliphatic heterocycles. The number of hydrogen-bond acceptors (Lipinski definition) is 3. The largest absolute Gasteiger partial charge is 0.325 e. The molecule has 4 nitrogen and oxygen atoms in total. The highest BCUT2D eigenvalue weighted by molar-refractivity contribution is 7.80. The lowest BCUT2D eigenvalue weighted by Crippen LogP contribution is -2.30. The van der Waals surface area contributed by atoms with Crippen molar-refractivity contribution in [1.29, 1.82) is 0 Å². The molecule has 1 heterocycles. The third-order valence-electron chi connectivity index (χ3n) is 1.41. The number of nitrogens with one attached hydrogen (secondary N) is 1. The molecule has 0 spiro atoms. The predicted molar refractivity (Wildman–Crippen MR) is 38.9 cm³/mol. The van der Waals surface area contributed by atoms with Crippen molar-refractivity contribution in [2.75, 3.05) is 12.8 Å². The number of hydrogen-bond donors (Lipinski definition) is 2. The summed E-state index contributed by atoms with van der Waals surface area (Å²) in [7, 11) is 1.45. The molecule has 1 aliphatic rings. The fourth-order valence-corrected chi connectivity index (χ4v) is 1.01. The topological polar surface area (TPSA) is 49.4 Å². The summed E-state index contributed by atoms with van der Waals surface area (Å²) in [6.45, 7) is 0. The first kappa shape index (κ1) is 7.40. The Morgan fingerprint density at radius 2 is 2.30 bits per heavy atom. The second kappa shape index (κ2) is 2.49. The van der Waals surface area contributed by atoms with E-state index in [1.807, 2.05) is 0 Å². The van der Waals surface area contributed by atoms with E-state index < -0.39 is 6.04 Å². The molecule has 10 heavy (non-hydrogen) atoms. The molecule has 1 fully saturated rings. The van der Waals surface area contributed by atoms with Gasteiger partial charge in [-0.25, -0.2) is 4.79 Å². The number of carbonyl (C=O) groups excluding carboxylic acids is 2. The molecule has 1 N–H and O–H groups in total. The molecule has 0 aromatic rings. The maximum absolute atomic E-state index is 10.9. The highest BCUT2D eigenvalue weighted by atomic mass is 32.1. The molecule has 0 bridgehead atoms. The van der Waals surface area contributed by atoms with Crippen molar-refractivity contribution in [3.8, 4) is 0 Å². The van der Waals surface area contributed by atoms with Gasteiger partial charge in [-0.15, -0.1) is 0 Å². The number of imide groups is 1. The third kappa shape index (κ3) is 0.965. The van der Waals surface area contributed by atoms with Crippen molar-refractivity contribution in [3.05, 3.63) is 0 Å². The van der Waals surface area contributed by atoms with Crippen molar-refractivity contribution in [1.82, 2.24) is 10.2 Å². The summed E-state index contributed by atoms with van der Waals surface area (Å²) in [5.41, 5.74) is 0. The minimum absolute atomic E-state index is 0.208. The standard InChI is InChI=1S/C5H8N2O2S/c1-7-4(8)3(2-10)6-5(7)9/h3,10H,2H2,1H3,(H,6,9)/t3-/m0/s1. The number of thiol groups is 1. The first-order valence-electron chi connectivity index (χ1n) is 2.85. The fraction of sp³-hybridized carbons (Fsp3) is 0.600. The van der Waals surface area contributed by atoms with Crippen LogP contribution < -0.4 is 5.32 Å². The van der Waals surface area contributed by atoms with Crippen LogP contribution in [0.3, 0.4) is 0 Å². The first-order chi connectivity index (χ1) is 4.66. The molecule has 3 amide bonds. The molecule has 0 aromatic carbocycles. The van der Waals surface area contributed by atoms with Crippen LogP contribution in [0.2, 0.25) is 0 Å². The molecule has 1 atom stereocenters. The van der Waals surface area contributed by atoms with Crippen molar-refractivity contribution < 1.29 is 9.59 Å². The molecule has 0 saturated carbocycles. The normalized spacial score (nSPS) is 25.4. The lowest BCUT2D eigenvalue weighted by Gasteiger charge is -2.02. The van der Waals surface area contributed by atoms with Gasteiger partial charge >= 0.3 is 6.03 Å². The molecule has 56 valence electrons. The van der Waals surface area contributed by atoms with Gasteiger partial charge in [0.05, 0.1) is 0 Å². The summed E-state index contributed by atoms with van der Waals surface area (Å²) in [4.78, 5) is 22.7. The minimum Gasteiger partial charge on any atom is -0.325 e. The molecule has 0 unspecified atom stereocenters. The van der Waals surface area contributed by atoms with E-state index in [1.165, 1.54) is 7.05 Å². The lowest BCUT2D eigenvalue weighted by molar-refractivity contribution is -0.126. The van der Waals surface area contributed by atoms with Crippen molar-refractivity contribution >= 4 is 24.6 Å². The number of carbonyl (C=O) groups is 2. The minimum atomic E-state index is -0.430. The van der Waals surface area contributed by atoms with Crippen LogP contribution in [0.15, 0.2) is 0 Å². The Morgan fingerprint density at radius 3 is 2.50 bits per heavy atom. The van der Waals surface area contributed by atoms with Gasteiger partial charge in [-0.05, 0) is 0 Å². The van der Waals surface area contributed by atoms with E-state index >= 15 is 0 Å². The van der Waals surface area contributed by atoms with E-state index in [2.05, 4.69) is 17.9 Å². The average Bonchev–Trinajstić information content (AvgIpc) is 2.17. The fourth-order valence-electron chi connectivity index (χ4n) is 0.765. The van der Waals surface area contributed by atoms with E-state index in [0.29, 0.717) is 5.75 Å². The van der Waals surface area contributed by atoms with E-state index in [-0.39, 0.29) is 11.9 Å². The molecule has 1 rings (SSSR count). The molecule has 0 aliphatic carbocycles. The Hall–Kier alpha value is -0.710. The SMILES string of the molecule is CN1C(=O)N[C@@H](CS)C1=O. The Kier molecular flexibility index (Phi) is 1.85. The highest BCUT2D eigenvalue weighted by Gasteiger charge is 2.33. The van der Waals surface area contributed by atoms with Gasteiger partial charge in [-0.2, -0.15) is 12.6 Å². The summed E-state index contributed by atoms with van der Waals surface area (Å²) in [6, 6.07) is -0.773. The molecule has 0 radical (unpaired) electrons. The Bertz CT molecular complexity index is 182. The maximum Gasteiger partial charge on any atom is 0.324 e. The van der Waals surface area contributed by atoms with Crippen LogP contribution >= 0.6 is 12.6 Å². The molecular formula is C5H8N2O2S. The van der Waals surface area contributed by atoms with Gasteiger partial charge in [0.15, 0.2) is 0 Å². The smallest absolute Gasteiger partial charge is 0.324 e. The Morgan fingerprint density at radius 1 is 1.70 bits per heavy atom. The van der Waals surface area contributed by atoms with Crippen molar-refractivity contribution in [2.24, 2.45) is 0 Å². The molecule has 1 saturated heterocycles. The summed E-state index contributed by atoms with van der Waals surface area (Å²) in [5.74, 6) is 0.148. The summed E-state index contributed by atoms with van der Waals surface area (Å²) in [5, 5.41) is 2.46. The quantitative estimate of drug-likeness (QED) is 0.400. The van der Waals surface area contributed by atoms with Crippen LogP contribution in [-0.4, -0.2) is 35.7 Å². The first-order valence-corrected chi connectivity index (χ1v) is 3.49. The van der Waals surface area contributed by atoms with Gasteiger partial charge in [0.1, 0.15) is 6.04 Å². The van der Waals surface area contributed by atoms with Gasteiger partial charge in [0.25, 0.3) is 5.91 Å². The summed E-state index contributed by atoms with van der Waals surface area (Å²) < 4.78 is 0. The highest BCUT2D eigenvalue weighted by Crippen LogP contribution is 2.03. The molecular weight excluding hydrogens is 152 g/mol. The second-order valence-corrected chi connectivity index (χ2v) is 2.45. The number of nitrogens with zero attached hydrogens (tertiary/aromatic N) is 1. The number of amides is 3. The van der Waals surface area contributed by atoms with Crippen LogP contribution in [0.4, 0.5) is 4.79 Å². The number of urea groups is 1. The van der Waals surface area contributed by atoms with Gasteiger partial charge in [0, 0.05) is 12.8 Å². The zero-order chi connectivity index (χ0) is 7.72. The van der Waals surface area contributed by atoms with E-state index in [1.54, 1.807) is 0 Å². The van der Waals surface area contributed by atoms with Crippen LogP contribution in [0.1, 0.15) is 0 Å². The zero-order valence-corrected chi connectivity index (χ0v) is 6.39. The van der Waals surface area contributed by atoms with E-state index in [9.17, 15) is 9.59 Å². The Labute approximate surface area is 64.0 Å². The predicted octanol–water partition coefficient (Wildman–Crippen LogP) is -0.534. The van der Waals surface area contributed by atoms with Gasteiger partial charge < -0.3 is 5.32 Å². The third-order valence-corrected chi connectivity index (χ3v) is 1.78. The number of likely N-dealkylation sites (N-methyl/N-ethyl adjacent to an activating group) is 1. The Balaban J connectivity index is 2.71. The summed E-state index contributed by atoms with van der Waals surface area (Å²) >= 11 is 3.89. The van der Waals surface area contributed by atoms with Gasteiger partial charge in [-0.3, -0.25) is 9.69 Å². The van der Waals surface area contributed by atoms with Crippen LogP contribution in [0.5, 0.6) is 0 Å². The second-order valence-electron chi connectivity index (χ2n) is 2.08. The van der Waals surface area contributed by atoms with Crippen molar-refractivity contribution in [3.63, 3.8) is 0 Å². The maximum atomic E-state index is 10.9. The van der Waals surface area contributed by atoms with Crippen LogP contribution in [0.25, 0.3) is 0 Å². The van der Waals surface area contributed by atoms with Crippen LogP contribution in [-0.2, 0) is 4.79 Å². The number of rotatable bonds is 1. The van der Waals surface area contributed by atoms with Crippen molar-refractivity contribution in [2.45, 2.75) is 6.04 Å².